The molecule has 0 fully saturated rings. The van der Waals surface area contributed by atoms with E-state index in [2.05, 4.69) is 9.71 Å². The van der Waals surface area contributed by atoms with E-state index in [0.29, 0.717) is 5.65 Å². The van der Waals surface area contributed by atoms with E-state index >= 15 is 0 Å². The van der Waals surface area contributed by atoms with Crippen LogP contribution in [0.4, 0.5) is 0 Å². The van der Waals surface area contributed by atoms with Crippen LogP contribution in [0.5, 0.6) is 0 Å². The first kappa shape index (κ1) is 14.8. The Morgan fingerprint density at radius 1 is 1.45 bits per heavy atom. The minimum atomic E-state index is -4.06. The molecule has 0 radical (unpaired) electrons. The number of nitrogens with zero attached hydrogens (tertiary/aromatic N) is 2. The van der Waals surface area contributed by atoms with Crippen molar-refractivity contribution in [2.45, 2.75) is 24.4 Å². The molecule has 108 valence electrons. The van der Waals surface area contributed by atoms with E-state index in [9.17, 15) is 13.2 Å². The lowest BCUT2D eigenvalue weighted by Crippen LogP contribution is -2.53. The van der Waals surface area contributed by atoms with Crippen molar-refractivity contribution >= 4 is 33.2 Å². The molecule has 2 aromatic heterocycles. The Labute approximate surface area is 120 Å². The quantitative estimate of drug-likeness (QED) is 0.858. The van der Waals surface area contributed by atoms with E-state index < -0.39 is 21.5 Å². The molecule has 0 unspecified atom stereocenters. The van der Waals surface area contributed by atoms with Crippen LogP contribution in [0.1, 0.15) is 13.8 Å². The van der Waals surface area contributed by atoms with Gasteiger partial charge in [-0.2, -0.15) is 4.72 Å². The van der Waals surface area contributed by atoms with Gasteiger partial charge in [-0.15, -0.1) is 0 Å². The van der Waals surface area contributed by atoms with Crippen molar-refractivity contribution in [3.8, 4) is 0 Å². The number of aromatic nitrogens is 2. The minimum Gasteiger partial charge on any atom is -0.368 e. The topological polar surface area (TPSA) is 107 Å². The van der Waals surface area contributed by atoms with Crippen LogP contribution in [0.3, 0.4) is 0 Å². The maximum absolute atomic E-state index is 12.4. The van der Waals surface area contributed by atoms with Crippen molar-refractivity contribution in [3.05, 3.63) is 29.5 Å². The molecule has 0 spiro atoms. The van der Waals surface area contributed by atoms with Crippen molar-refractivity contribution in [1.82, 2.24) is 14.1 Å². The molecule has 0 aliphatic rings. The van der Waals surface area contributed by atoms with Gasteiger partial charge in [0.1, 0.15) is 11.2 Å². The van der Waals surface area contributed by atoms with Gasteiger partial charge in [0.2, 0.25) is 5.91 Å². The largest absolute Gasteiger partial charge is 0.368 e. The Hall–Kier alpha value is -1.64. The van der Waals surface area contributed by atoms with Crippen molar-refractivity contribution in [3.63, 3.8) is 0 Å². The number of halogens is 1. The molecule has 7 nitrogen and oxygen atoms in total. The molecule has 0 bridgehead atoms. The Bertz CT molecular complexity index is 782. The fraction of sp³-hybridized carbons (Fsp3) is 0.273. The van der Waals surface area contributed by atoms with Gasteiger partial charge in [0.05, 0.1) is 0 Å². The first-order valence-electron chi connectivity index (χ1n) is 5.61. The molecule has 2 aromatic rings. The number of nitrogens with one attached hydrogen (secondary N) is 1. The van der Waals surface area contributed by atoms with E-state index in [1.807, 2.05) is 0 Å². The Morgan fingerprint density at radius 2 is 2.10 bits per heavy atom. The molecule has 2 rings (SSSR count). The summed E-state index contributed by atoms with van der Waals surface area (Å²) in [6.07, 6.45) is 1.51. The lowest BCUT2D eigenvalue weighted by atomic mass is 10.1. The second-order valence-corrected chi connectivity index (χ2v) is 6.69. The van der Waals surface area contributed by atoms with Gasteiger partial charge in [0.15, 0.2) is 10.2 Å². The van der Waals surface area contributed by atoms with Gasteiger partial charge in [-0.05, 0) is 26.0 Å². The van der Waals surface area contributed by atoms with Gasteiger partial charge in [-0.1, -0.05) is 17.7 Å². The smallest absolute Gasteiger partial charge is 0.260 e. The van der Waals surface area contributed by atoms with Crippen LogP contribution in [-0.4, -0.2) is 29.2 Å². The monoisotopic (exact) mass is 316 g/mol. The number of amides is 1. The van der Waals surface area contributed by atoms with E-state index in [0.717, 1.165) is 0 Å². The van der Waals surface area contributed by atoms with Gasteiger partial charge < -0.3 is 5.73 Å². The van der Waals surface area contributed by atoms with E-state index in [1.165, 1.54) is 24.4 Å². The maximum Gasteiger partial charge on any atom is 0.260 e. The molecule has 20 heavy (non-hydrogen) atoms. The molecule has 2 heterocycles. The molecular formula is C11H13ClN4O3S. The SMILES string of the molecule is CC(C)(NS(=O)(=O)c1c(Cl)nc2ccccn12)C(N)=O. The highest BCUT2D eigenvalue weighted by Gasteiger charge is 2.34. The normalized spacial score (nSPS) is 12.8. The second-order valence-electron chi connectivity index (χ2n) is 4.73. The molecule has 0 aliphatic heterocycles. The summed E-state index contributed by atoms with van der Waals surface area (Å²) in [4.78, 5) is 15.2. The maximum atomic E-state index is 12.4. The molecule has 1 amide bonds. The summed E-state index contributed by atoms with van der Waals surface area (Å²) >= 11 is 5.89. The highest BCUT2D eigenvalue weighted by atomic mass is 35.5. The number of carbonyl (C=O) groups is 1. The number of nitrogens with two attached hydrogens (primary N) is 1. The van der Waals surface area contributed by atoms with Crippen LogP contribution in [0.2, 0.25) is 5.15 Å². The summed E-state index contributed by atoms with van der Waals surface area (Å²) in [5, 5.41) is -0.409. The summed E-state index contributed by atoms with van der Waals surface area (Å²) in [5.41, 5.74) is 4.10. The molecule has 3 N–H and O–H groups in total. The third-order valence-electron chi connectivity index (χ3n) is 2.71. The van der Waals surface area contributed by atoms with Crippen LogP contribution < -0.4 is 10.5 Å². The number of carbonyl (C=O) groups excluding carboxylic acids is 1. The highest BCUT2D eigenvalue weighted by Crippen LogP contribution is 2.23. The number of primary amides is 1. The predicted octanol–water partition coefficient (Wildman–Crippen LogP) is 0.530. The highest BCUT2D eigenvalue weighted by molar-refractivity contribution is 7.89. The Kier molecular flexibility index (Phi) is 3.49. The molecule has 0 aromatic carbocycles. The zero-order valence-electron chi connectivity index (χ0n) is 10.8. The zero-order chi connectivity index (χ0) is 15.1. The van der Waals surface area contributed by atoms with Crippen molar-refractivity contribution in [2.75, 3.05) is 0 Å². The van der Waals surface area contributed by atoms with Gasteiger partial charge >= 0.3 is 0 Å². The first-order chi connectivity index (χ1) is 9.15. The fourth-order valence-electron chi connectivity index (χ4n) is 1.62. The fourth-order valence-corrected chi connectivity index (χ4v) is 3.65. The predicted molar refractivity (Wildman–Crippen MR) is 73.8 cm³/mol. The molecule has 0 aliphatic carbocycles. The third kappa shape index (κ3) is 2.49. The van der Waals surface area contributed by atoms with Gasteiger partial charge in [0, 0.05) is 6.20 Å². The zero-order valence-corrected chi connectivity index (χ0v) is 12.4. The number of sulfonamides is 1. The van der Waals surface area contributed by atoms with Gasteiger partial charge in [-0.25, -0.2) is 13.4 Å². The number of rotatable bonds is 4. The standard InChI is InChI=1S/C11H13ClN4O3S/c1-11(2,10(13)17)15-20(18,19)9-8(12)14-7-5-3-4-6-16(7)9/h3-6,15H,1-2H3,(H2,13,17). The lowest BCUT2D eigenvalue weighted by Gasteiger charge is -2.21. The molecule has 9 heteroatoms. The van der Waals surface area contributed by atoms with Crippen molar-refractivity contribution < 1.29 is 13.2 Å². The number of pyridine rings is 1. The molecule has 0 atom stereocenters. The number of hydrogen-bond donors (Lipinski definition) is 2. The van der Waals surface area contributed by atoms with Gasteiger partial charge in [-0.3, -0.25) is 9.20 Å². The number of imidazole rings is 1. The number of hydrogen-bond acceptors (Lipinski definition) is 4. The summed E-state index contributed by atoms with van der Waals surface area (Å²) in [5.74, 6) is -0.800. The Balaban J connectivity index is 2.58. The van der Waals surface area contributed by atoms with Crippen molar-refractivity contribution in [2.24, 2.45) is 5.73 Å². The van der Waals surface area contributed by atoms with Gasteiger partial charge in [0.25, 0.3) is 10.0 Å². The molecule has 0 saturated heterocycles. The van der Waals surface area contributed by atoms with Crippen LogP contribution >= 0.6 is 11.6 Å². The van der Waals surface area contributed by atoms with Crippen LogP contribution in [0, 0.1) is 0 Å². The van der Waals surface area contributed by atoms with E-state index in [4.69, 9.17) is 17.3 Å². The van der Waals surface area contributed by atoms with Crippen LogP contribution in [0.25, 0.3) is 5.65 Å². The lowest BCUT2D eigenvalue weighted by molar-refractivity contribution is -0.122. The molecule has 0 saturated carbocycles. The van der Waals surface area contributed by atoms with Crippen LogP contribution in [0.15, 0.2) is 29.4 Å². The summed E-state index contributed by atoms with van der Waals surface area (Å²) in [7, 11) is -4.06. The Morgan fingerprint density at radius 3 is 2.70 bits per heavy atom. The average Bonchev–Trinajstić information content (AvgIpc) is 2.63. The minimum absolute atomic E-state index is 0.177. The second kappa shape index (κ2) is 4.72. The first-order valence-corrected chi connectivity index (χ1v) is 7.48. The number of fused-ring (bicyclic) bond motifs is 1. The van der Waals surface area contributed by atoms with Crippen molar-refractivity contribution in [1.29, 1.82) is 0 Å². The summed E-state index contributed by atoms with van der Waals surface area (Å²) in [6.45, 7) is 2.73. The average molecular weight is 317 g/mol. The third-order valence-corrected chi connectivity index (χ3v) is 4.76. The summed E-state index contributed by atoms with van der Waals surface area (Å²) in [6, 6.07) is 4.96. The summed E-state index contributed by atoms with van der Waals surface area (Å²) < 4.78 is 28.3. The molecular weight excluding hydrogens is 304 g/mol. The van der Waals surface area contributed by atoms with E-state index in [1.54, 1.807) is 18.2 Å². The van der Waals surface area contributed by atoms with E-state index in [-0.39, 0.29) is 10.2 Å². The van der Waals surface area contributed by atoms with Crippen LogP contribution in [-0.2, 0) is 14.8 Å².